The molecule has 0 amide bonds. The molecule has 1 aliphatic carbocycles. The monoisotopic (exact) mass is 266 g/mol. The fourth-order valence-electron chi connectivity index (χ4n) is 1.05. The summed E-state index contributed by atoms with van der Waals surface area (Å²) in [5.74, 6) is 2.58. The van der Waals surface area contributed by atoms with E-state index in [0.717, 1.165) is 14.8 Å². The molecule has 0 saturated heterocycles. The van der Waals surface area contributed by atoms with Gasteiger partial charge >= 0.3 is 0 Å². The van der Waals surface area contributed by atoms with Crippen LogP contribution >= 0.6 is 34.1 Å². The molecule has 1 fully saturated rings. The van der Waals surface area contributed by atoms with Crippen LogP contribution in [0.25, 0.3) is 0 Å². The van der Waals surface area contributed by atoms with E-state index < -0.39 is 0 Å². The first-order chi connectivity index (χ1) is 4.77. The summed E-state index contributed by atoms with van der Waals surface area (Å²) in [6, 6.07) is 0. The predicted octanol–water partition coefficient (Wildman–Crippen LogP) is 2.27. The van der Waals surface area contributed by atoms with Crippen LogP contribution in [0, 0.1) is 8.93 Å². The maximum Gasteiger partial charge on any atom is 0.173 e. The fourth-order valence-corrected chi connectivity index (χ4v) is 2.07. The Morgan fingerprint density at radius 3 is 2.80 bits per heavy atom. The van der Waals surface area contributed by atoms with Gasteiger partial charge in [-0.05, 0) is 46.5 Å². The number of hydrogen-bond acceptors (Lipinski definition) is 3. The lowest BCUT2D eigenvalue weighted by molar-refractivity contribution is 0.865. The van der Waals surface area contributed by atoms with Crippen LogP contribution in [0.4, 0.5) is 0 Å². The van der Waals surface area contributed by atoms with Crippen LogP contribution < -0.4 is 0 Å². The SMILES string of the molecule is CC1CC1c1nsc(I)n1. The lowest BCUT2D eigenvalue weighted by Gasteiger charge is -1.83. The van der Waals surface area contributed by atoms with Crippen molar-refractivity contribution in [3.63, 3.8) is 0 Å². The molecule has 2 unspecified atom stereocenters. The molecule has 1 heterocycles. The maximum atomic E-state index is 4.32. The van der Waals surface area contributed by atoms with E-state index >= 15 is 0 Å². The average molecular weight is 266 g/mol. The van der Waals surface area contributed by atoms with Crippen molar-refractivity contribution >= 4 is 34.1 Å². The standard InChI is InChI=1S/C6H7IN2S/c1-3-2-4(3)5-8-6(7)10-9-5/h3-4H,2H2,1H3. The molecular weight excluding hydrogens is 259 g/mol. The van der Waals surface area contributed by atoms with E-state index in [-0.39, 0.29) is 0 Å². The van der Waals surface area contributed by atoms with E-state index in [1.807, 2.05) is 0 Å². The van der Waals surface area contributed by atoms with Crippen molar-refractivity contribution in [1.82, 2.24) is 9.36 Å². The minimum atomic E-state index is 0.680. The fraction of sp³-hybridized carbons (Fsp3) is 0.667. The summed E-state index contributed by atoms with van der Waals surface area (Å²) in [6.07, 6.45) is 1.28. The zero-order valence-electron chi connectivity index (χ0n) is 5.54. The third kappa shape index (κ3) is 1.18. The van der Waals surface area contributed by atoms with Crippen LogP contribution in [-0.4, -0.2) is 9.36 Å². The third-order valence-corrected chi connectivity index (χ3v) is 3.21. The Kier molecular flexibility index (Phi) is 1.68. The first-order valence-corrected chi connectivity index (χ1v) is 5.11. The molecule has 54 valence electrons. The summed E-state index contributed by atoms with van der Waals surface area (Å²) in [5, 5.41) is 0. The smallest absolute Gasteiger partial charge is 0.173 e. The Morgan fingerprint density at radius 2 is 2.40 bits per heavy atom. The van der Waals surface area contributed by atoms with E-state index in [2.05, 4.69) is 38.9 Å². The summed E-state index contributed by atoms with van der Waals surface area (Å²) in [5.41, 5.74) is 0. The van der Waals surface area contributed by atoms with Gasteiger partial charge in [0.25, 0.3) is 0 Å². The van der Waals surface area contributed by atoms with E-state index in [9.17, 15) is 0 Å². The molecular formula is C6H7IN2S. The largest absolute Gasteiger partial charge is 0.213 e. The quantitative estimate of drug-likeness (QED) is 0.729. The zero-order chi connectivity index (χ0) is 7.14. The Morgan fingerprint density at radius 1 is 1.70 bits per heavy atom. The van der Waals surface area contributed by atoms with E-state index in [1.165, 1.54) is 18.0 Å². The van der Waals surface area contributed by atoms with Crippen molar-refractivity contribution < 1.29 is 0 Å². The highest BCUT2D eigenvalue weighted by Gasteiger charge is 2.37. The molecule has 0 radical (unpaired) electrons. The summed E-state index contributed by atoms with van der Waals surface area (Å²) in [7, 11) is 0. The Labute approximate surface area is 77.4 Å². The van der Waals surface area contributed by atoms with Crippen molar-refractivity contribution in [2.45, 2.75) is 19.3 Å². The molecule has 1 aliphatic rings. The van der Waals surface area contributed by atoms with E-state index in [1.54, 1.807) is 0 Å². The van der Waals surface area contributed by atoms with Gasteiger partial charge in [0.15, 0.2) is 3.01 Å². The maximum absolute atomic E-state index is 4.32. The minimum Gasteiger partial charge on any atom is -0.213 e. The van der Waals surface area contributed by atoms with Crippen molar-refractivity contribution in [2.75, 3.05) is 0 Å². The molecule has 0 spiro atoms. The Bertz CT molecular complexity index is 248. The summed E-state index contributed by atoms with van der Waals surface area (Å²) in [4.78, 5) is 4.32. The molecule has 1 saturated carbocycles. The second kappa shape index (κ2) is 2.41. The lowest BCUT2D eigenvalue weighted by atomic mass is 10.3. The highest BCUT2D eigenvalue weighted by atomic mass is 127. The average Bonchev–Trinajstić information content (AvgIpc) is 2.42. The van der Waals surface area contributed by atoms with Crippen LogP contribution in [0.1, 0.15) is 25.1 Å². The van der Waals surface area contributed by atoms with Gasteiger partial charge in [-0.3, -0.25) is 0 Å². The predicted molar refractivity (Wildman–Crippen MR) is 49.1 cm³/mol. The summed E-state index contributed by atoms with van der Waals surface area (Å²) < 4.78 is 5.31. The number of halogens is 1. The molecule has 1 aromatic heterocycles. The second-order valence-corrected chi connectivity index (χ2v) is 5.23. The van der Waals surface area contributed by atoms with Crippen molar-refractivity contribution in [1.29, 1.82) is 0 Å². The van der Waals surface area contributed by atoms with Crippen LogP contribution in [0.2, 0.25) is 0 Å². The van der Waals surface area contributed by atoms with Gasteiger partial charge in [0.1, 0.15) is 5.82 Å². The van der Waals surface area contributed by atoms with E-state index in [4.69, 9.17) is 0 Å². The molecule has 2 atom stereocenters. The van der Waals surface area contributed by atoms with Gasteiger partial charge in [0.2, 0.25) is 0 Å². The topological polar surface area (TPSA) is 25.8 Å². The third-order valence-electron chi connectivity index (χ3n) is 1.86. The molecule has 0 aromatic carbocycles. The molecule has 4 heteroatoms. The zero-order valence-corrected chi connectivity index (χ0v) is 8.52. The number of rotatable bonds is 1. The summed E-state index contributed by atoms with van der Waals surface area (Å²) in [6.45, 7) is 2.25. The molecule has 10 heavy (non-hydrogen) atoms. The van der Waals surface area contributed by atoms with Gasteiger partial charge in [-0.1, -0.05) is 6.92 Å². The van der Waals surface area contributed by atoms with Crippen LogP contribution in [0.15, 0.2) is 0 Å². The number of hydrogen-bond donors (Lipinski definition) is 0. The van der Waals surface area contributed by atoms with E-state index in [0.29, 0.717) is 5.92 Å². The van der Waals surface area contributed by atoms with Crippen LogP contribution in [0.3, 0.4) is 0 Å². The van der Waals surface area contributed by atoms with Gasteiger partial charge < -0.3 is 0 Å². The number of aromatic nitrogens is 2. The highest BCUT2D eigenvalue weighted by molar-refractivity contribution is 14.1. The summed E-state index contributed by atoms with van der Waals surface area (Å²) >= 11 is 3.71. The Hall–Kier alpha value is 0.290. The van der Waals surface area contributed by atoms with Crippen molar-refractivity contribution in [3.05, 3.63) is 8.84 Å². The molecule has 0 N–H and O–H groups in total. The lowest BCUT2D eigenvalue weighted by Crippen LogP contribution is -1.83. The molecule has 0 aliphatic heterocycles. The first-order valence-electron chi connectivity index (χ1n) is 3.26. The molecule has 1 aromatic rings. The molecule has 2 rings (SSSR count). The van der Waals surface area contributed by atoms with Crippen LogP contribution in [0.5, 0.6) is 0 Å². The Balaban J connectivity index is 2.20. The minimum absolute atomic E-state index is 0.680. The first kappa shape index (κ1) is 6.97. The van der Waals surface area contributed by atoms with Crippen LogP contribution in [-0.2, 0) is 0 Å². The van der Waals surface area contributed by atoms with Gasteiger partial charge in [0.05, 0.1) is 0 Å². The molecule has 0 bridgehead atoms. The van der Waals surface area contributed by atoms with Crippen molar-refractivity contribution in [2.24, 2.45) is 5.92 Å². The normalized spacial score (nSPS) is 30.6. The molecule has 2 nitrogen and oxygen atoms in total. The van der Waals surface area contributed by atoms with Crippen molar-refractivity contribution in [3.8, 4) is 0 Å². The van der Waals surface area contributed by atoms with Gasteiger partial charge in [-0.15, -0.1) is 0 Å². The van der Waals surface area contributed by atoms with Gasteiger partial charge in [0, 0.05) is 5.92 Å². The number of nitrogens with zero attached hydrogens (tertiary/aromatic N) is 2. The highest BCUT2D eigenvalue weighted by Crippen LogP contribution is 2.45. The van der Waals surface area contributed by atoms with Gasteiger partial charge in [-0.25, -0.2) is 4.98 Å². The van der Waals surface area contributed by atoms with Gasteiger partial charge in [-0.2, -0.15) is 4.37 Å². The second-order valence-electron chi connectivity index (χ2n) is 2.73.